The third-order valence-electron chi connectivity index (χ3n) is 2.51. The Labute approximate surface area is 75.2 Å². The summed E-state index contributed by atoms with van der Waals surface area (Å²) in [6, 6.07) is 0. The van der Waals surface area contributed by atoms with Crippen LogP contribution < -0.4 is 5.32 Å². The number of hydrogen-bond donors (Lipinski definition) is 1. The number of amides is 1. The van der Waals surface area contributed by atoms with Crippen molar-refractivity contribution in [2.45, 2.75) is 23.6 Å². The molecule has 1 heterocycles. The van der Waals surface area contributed by atoms with Gasteiger partial charge in [-0.2, -0.15) is 0 Å². The van der Waals surface area contributed by atoms with Crippen LogP contribution in [0.5, 0.6) is 0 Å². The molecule has 1 aliphatic heterocycles. The molecule has 62 valence electrons. The van der Waals surface area contributed by atoms with Gasteiger partial charge in [-0.25, -0.2) is 0 Å². The van der Waals surface area contributed by atoms with Crippen LogP contribution in [-0.4, -0.2) is 16.8 Å². The van der Waals surface area contributed by atoms with Gasteiger partial charge in [-0.15, -0.1) is 0 Å². The first-order chi connectivity index (χ1) is 5.04. The highest BCUT2D eigenvalue weighted by Crippen LogP contribution is 2.55. The van der Waals surface area contributed by atoms with Gasteiger partial charge < -0.3 is 5.32 Å². The summed E-state index contributed by atoms with van der Waals surface area (Å²) >= 11 is 11.6. The SMILES string of the molecule is O=C1NCC2(CC2)CC1(Cl)Cl. The van der Waals surface area contributed by atoms with Gasteiger partial charge in [0, 0.05) is 6.54 Å². The zero-order valence-electron chi connectivity index (χ0n) is 5.99. The number of carbonyl (C=O) groups excluding carboxylic acids is 1. The van der Waals surface area contributed by atoms with E-state index in [4.69, 9.17) is 23.2 Å². The van der Waals surface area contributed by atoms with Crippen molar-refractivity contribution >= 4 is 29.1 Å². The van der Waals surface area contributed by atoms with Crippen LogP contribution in [0.3, 0.4) is 0 Å². The van der Waals surface area contributed by atoms with Crippen molar-refractivity contribution in [3.63, 3.8) is 0 Å². The minimum Gasteiger partial charge on any atom is -0.353 e. The van der Waals surface area contributed by atoms with E-state index in [9.17, 15) is 4.79 Å². The standard InChI is InChI=1S/C7H9Cl2NO/c8-7(9)3-6(1-2-6)4-10-5(7)11/h1-4H2,(H,10,11). The third-order valence-corrected chi connectivity index (χ3v) is 3.12. The smallest absolute Gasteiger partial charge is 0.256 e. The summed E-state index contributed by atoms with van der Waals surface area (Å²) < 4.78 is -1.17. The van der Waals surface area contributed by atoms with Crippen LogP contribution in [0.25, 0.3) is 0 Å². The molecular formula is C7H9Cl2NO. The molecule has 1 saturated heterocycles. The highest BCUT2D eigenvalue weighted by molar-refractivity contribution is 6.58. The van der Waals surface area contributed by atoms with Crippen LogP contribution in [0, 0.1) is 5.41 Å². The Balaban J connectivity index is 2.14. The number of alkyl halides is 2. The molecule has 1 N–H and O–H groups in total. The summed E-state index contributed by atoms with van der Waals surface area (Å²) in [6.07, 6.45) is 2.91. The molecule has 1 amide bonds. The van der Waals surface area contributed by atoms with Crippen LogP contribution in [0.1, 0.15) is 19.3 Å². The summed E-state index contributed by atoms with van der Waals surface area (Å²) in [6.45, 7) is 0.757. The molecule has 1 saturated carbocycles. The van der Waals surface area contributed by atoms with Crippen molar-refractivity contribution in [1.82, 2.24) is 5.32 Å². The Kier molecular flexibility index (Phi) is 1.43. The maximum Gasteiger partial charge on any atom is 0.256 e. The molecule has 0 aromatic rings. The summed E-state index contributed by atoms with van der Waals surface area (Å²) in [5.74, 6) is -0.238. The van der Waals surface area contributed by atoms with Crippen molar-refractivity contribution in [3.05, 3.63) is 0 Å². The molecule has 1 spiro atoms. The zero-order chi connectivity index (χ0) is 8.11. The van der Waals surface area contributed by atoms with Gasteiger partial charge in [0.25, 0.3) is 5.91 Å². The molecule has 0 atom stereocenters. The van der Waals surface area contributed by atoms with Gasteiger partial charge >= 0.3 is 0 Å². The van der Waals surface area contributed by atoms with E-state index in [1.807, 2.05) is 0 Å². The fraction of sp³-hybridized carbons (Fsp3) is 0.857. The number of carbonyl (C=O) groups is 1. The van der Waals surface area contributed by atoms with Crippen molar-refractivity contribution in [1.29, 1.82) is 0 Å². The first-order valence-corrected chi connectivity index (χ1v) is 4.46. The Morgan fingerprint density at radius 2 is 2.00 bits per heavy atom. The summed E-state index contributed by atoms with van der Waals surface area (Å²) in [7, 11) is 0. The van der Waals surface area contributed by atoms with Crippen LogP contribution >= 0.6 is 23.2 Å². The van der Waals surface area contributed by atoms with Crippen molar-refractivity contribution < 1.29 is 4.79 Å². The minimum absolute atomic E-state index is 0.238. The maximum absolute atomic E-state index is 11.1. The second-order valence-corrected chi connectivity index (χ2v) is 5.05. The van der Waals surface area contributed by atoms with E-state index in [-0.39, 0.29) is 11.3 Å². The summed E-state index contributed by atoms with van der Waals surface area (Å²) in [5, 5.41) is 2.72. The molecule has 2 fully saturated rings. The molecule has 0 aromatic heterocycles. The third kappa shape index (κ3) is 1.23. The minimum atomic E-state index is -1.17. The first kappa shape index (κ1) is 7.69. The molecule has 0 unspecified atom stereocenters. The molecule has 4 heteroatoms. The van der Waals surface area contributed by atoms with Crippen LogP contribution in [0.15, 0.2) is 0 Å². The van der Waals surface area contributed by atoms with Gasteiger partial charge in [0.15, 0.2) is 4.33 Å². The molecule has 0 radical (unpaired) electrons. The average molecular weight is 194 g/mol. The fourth-order valence-electron chi connectivity index (χ4n) is 1.54. The lowest BCUT2D eigenvalue weighted by molar-refractivity contribution is -0.124. The largest absolute Gasteiger partial charge is 0.353 e. The van der Waals surface area contributed by atoms with Crippen LogP contribution in [-0.2, 0) is 4.79 Å². The number of halogens is 2. The Bertz CT molecular complexity index is 210. The van der Waals surface area contributed by atoms with Crippen LogP contribution in [0.4, 0.5) is 0 Å². The summed E-state index contributed by atoms with van der Waals surface area (Å²) in [4.78, 5) is 11.1. The van der Waals surface area contributed by atoms with Gasteiger partial charge in [-0.05, 0) is 24.7 Å². The van der Waals surface area contributed by atoms with Crippen molar-refractivity contribution in [2.75, 3.05) is 6.54 Å². The maximum atomic E-state index is 11.1. The molecule has 11 heavy (non-hydrogen) atoms. The Morgan fingerprint density at radius 1 is 1.36 bits per heavy atom. The second-order valence-electron chi connectivity index (χ2n) is 3.56. The predicted molar refractivity (Wildman–Crippen MR) is 43.7 cm³/mol. The molecule has 0 bridgehead atoms. The second kappa shape index (κ2) is 2.05. The highest BCUT2D eigenvalue weighted by Gasteiger charge is 2.54. The summed E-state index contributed by atoms with van der Waals surface area (Å²) in [5.41, 5.74) is 0.247. The highest BCUT2D eigenvalue weighted by atomic mass is 35.5. The zero-order valence-corrected chi connectivity index (χ0v) is 7.50. The number of rotatable bonds is 0. The predicted octanol–water partition coefficient (Wildman–Crippen LogP) is 1.46. The average Bonchev–Trinajstić information content (AvgIpc) is 2.61. The molecule has 0 aromatic carbocycles. The van der Waals surface area contributed by atoms with E-state index < -0.39 is 4.33 Å². The Hall–Kier alpha value is 0.0500. The van der Waals surface area contributed by atoms with Gasteiger partial charge in [-0.3, -0.25) is 4.79 Å². The van der Waals surface area contributed by atoms with Gasteiger partial charge in [0.05, 0.1) is 0 Å². The van der Waals surface area contributed by atoms with Crippen molar-refractivity contribution in [2.24, 2.45) is 5.41 Å². The van der Waals surface area contributed by atoms with Crippen molar-refractivity contribution in [3.8, 4) is 0 Å². The number of piperidine rings is 1. The molecule has 2 rings (SSSR count). The van der Waals surface area contributed by atoms with E-state index in [2.05, 4.69) is 5.32 Å². The molecule has 2 nitrogen and oxygen atoms in total. The molecule has 1 aliphatic carbocycles. The molecule has 2 aliphatic rings. The van der Waals surface area contributed by atoms with Gasteiger partial charge in [-0.1, -0.05) is 23.2 Å². The van der Waals surface area contributed by atoms with Crippen LogP contribution in [0.2, 0.25) is 0 Å². The Morgan fingerprint density at radius 3 is 2.45 bits per heavy atom. The quantitative estimate of drug-likeness (QED) is 0.581. The number of nitrogens with one attached hydrogen (secondary N) is 1. The lowest BCUT2D eigenvalue weighted by atomic mass is 9.95. The number of hydrogen-bond acceptors (Lipinski definition) is 1. The van der Waals surface area contributed by atoms with E-state index in [0.717, 1.165) is 19.4 Å². The van der Waals surface area contributed by atoms with E-state index in [0.29, 0.717) is 6.42 Å². The first-order valence-electron chi connectivity index (χ1n) is 3.70. The monoisotopic (exact) mass is 193 g/mol. The van der Waals surface area contributed by atoms with Gasteiger partial charge in [0.1, 0.15) is 0 Å². The van der Waals surface area contributed by atoms with E-state index in [1.165, 1.54) is 0 Å². The normalized spacial score (nSPS) is 31.6. The van der Waals surface area contributed by atoms with Gasteiger partial charge in [0.2, 0.25) is 0 Å². The lowest BCUT2D eigenvalue weighted by Gasteiger charge is -2.30. The molecular weight excluding hydrogens is 185 g/mol. The van der Waals surface area contributed by atoms with E-state index in [1.54, 1.807) is 0 Å². The fourth-order valence-corrected chi connectivity index (χ4v) is 2.24. The van der Waals surface area contributed by atoms with E-state index >= 15 is 0 Å². The topological polar surface area (TPSA) is 29.1 Å². The lowest BCUT2D eigenvalue weighted by Crippen LogP contribution is -2.48.